The van der Waals surface area contributed by atoms with Crippen LogP contribution in [0.2, 0.25) is 0 Å². The third-order valence-electron chi connectivity index (χ3n) is 4.56. The molecule has 6 heteroatoms. The number of anilines is 1. The highest BCUT2D eigenvalue weighted by Gasteiger charge is 2.25. The summed E-state index contributed by atoms with van der Waals surface area (Å²) in [5.41, 5.74) is 2.30. The highest BCUT2D eigenvalue weighted by Crippen LogP contribution is 2.27. The van der Waals surface area contributed by atoms with Gasteiger partial charge < -0.3 is 9.64 Å². The number of nitrogens with one attached hydrogen (secondary N) is 1. The van der Waals surface area contributed by atoms with Gasteiger partial charge in [-0.05, 0) is 30.0 Å². The van der Waals surface area contributed by atoms with E-state index >= 15 is 0 Å². The molecule has 3 rings (SSSR count). The zero-order chi connectivity index (χ0) is 18.7. The molecule has 0 aliphatic carbocycles. The van der Waals surface area contributed by atoms with Crippen LogP contribution < -0.4 is 10.1 Å². The zero-order valence-electron chi connectivity index (χ0n) is 15.9. The van der Waals surface area contributed by atoms with E-state index in [1.165, 1.54) is 16.9 Å². The number of ether oxygens (including phenoxy) is 1. The fraction of sp³-hybridized carbons (Fsp3) is 0.500. The van der Waals surface area contributed by atoms with Crippen molar-refractivity contribution in [2.75, 3.05) is 18.4 Å². The normalized spacial score (nSPS) is 15.8. The third kappa shape index (κ3) is 4.75. The van der Waals surface area contributed by atoms with Gasteiger partial charge in [0.15, 0.2) is 5.13 Å². The molecule has 1 aromatic carbocycles. The Morgan fingerprint density at radius 2 is 2.04 bits per heavy atom. The Morgan fingerprint density at radius 3 is 2.65 bits per heavy atom. The molecule has 1 aliphatic heterocycles. The topological polar surface area (TPSA) is 54.5 Å². The number of rotatable bonds is 3. The minimum Gasteiger partial charge on any atom is -0.490 e. The number of nitrogens with zero attached hydrogens (tertiary/aromatic N) is 2. The third-order valence-corrected chi connectivity index (χ3v) is 5.44. The van der Waals surface area contributed by atoms with Gasteiger partial charge in [0.25, 0.3) is 0 Å². The maximum Gasteiger partial charge on any atom is 0.323 e. The van der Waals surface area contributed by atoms with Gasteiger partial charge in [-0.3, -0.25) is 5.32 Å². The highest BCUT2D eigenvalue weighted by molar-refractivity contribution is 7.13. The number of aromatic nitrogens is 1. The number of amides is 2. The fourth-order valence-corrected chi connectivity index (χ4v) is 3.66. The van der Waals surface area contributed by atoms with Gasteiger partial charge in [-0.1, -0.05) is 32.9 Å². The number of carbonyl (C=O) groups excluding carboxylic acids is 1. The largest absolute Gasteiger partial charge is 0.490 e. The van der Waals surface area contributed by atoms with E-state index in [9.17, 15) is 4.79 Å². The molecule has 0 unspecified atom stereocenters. The van der Waals surface area contributed by atoms with Gasteiger partial charge in [0.05, 0.1) is 5.69 Å². The van der Waals surface area contributed by atoms with Gasteiger partial charge in [-0.15, -0.1) is 11.3 Å². The lowest BCUT2D eigenvalue weighted by molar-refractivity contribution is 0.115. The van der Waals surface area contributed by atoms with Crippen molar-refractivity contribution < 1.29 is 9.53 Å². The molecule has 140 valence electrons. The van der Waals surface area contributed by atoms with Crippen molar-refractivity contribution in [1.29, 1.82) is 0 Å². The summed E-state index contributed by atoms with van der Waals surface area (Å²) >= 11 is 1.45. The number of hydrogen-bond acceptors (Lipinski definition) is 4. The molecule has 5 nitrogen and oxygen atoms in total. The molecule has 1 fully saturated rings. The van der Waals surface area contributed by atoms with Gasteiger partial charge in [-0.2, -0.15) is 0 Å². The van der Waals surface area contributed by atoms with Crippen LogP contribution in [-0.2, 0) is 5.41 Å². The molecule has 2 amide bonds. The Bertz CT molecular complexity index is 758. The van der Waals surface area contributed by atoms with Crippen molar-refractivity contribution in [3.63, 3.8) is 0 Å². The number of benzene rings is 1. The second-order valence-electron chi connectivity index (χ2n) is 7.81. The molecule has 1 aromatic heterocycles. The molecule has 2 aromatic rings. The van der Waals surface area contributed by atoms with Crippen molar-refractivity contribution in [3.05, 3.63) is 40.9 Å². The van der Waals surface area contributed by atoms with E-state index in [0.29, 0.717) is 18.2 Å². The van der Waals surface area contributed by atoms with Crippen LogP contribution in [0.4, 0.5) is 9.93 Å². The van der Waals surface area contributed by atoms with Crippen LogP contribution in [0, 0.1) is 6.92 Å². The molecule has 0 saturated carbocycles. The maximum atomic E-state index is 12.3. The zero-order valence-corrected chi connectivity index (χ0v) is 16.7. The Hall–Kier alpha value is -2.08. The van der Waals surface area contributed by atoms with Crippen LogP contribution >= 0.6 is 11.3 Å². The maximum absolute atomic E-state index is 12.3. The lowest BCUT2D eigenvalue weighted by Gasteiger charge is -2.32. The molecule has 0 spiro atoms. The average Bonchev–Trinajstić information content (AvgIpc) is 3.00. The first-order valence-corrected chi connectivity index (χ1v) is 9.94. The Labute approximate surface area is 159 Å². The Morgan fingerprint density at radius 1 is 1.31 bits per heavy atom. The van der Waals surface area contributed by atoms with Crippen LogP contribution in [0.5, 0.6) is 5.75 Å². The summed E-state index contributed by atoms with van der Waals surface area (Å²) in [5, 5.41) is 5.46. The SMILES string of the molecule is Cc1csc(NC(=O)N2CCC(Oc3cccc(C(C)(C)C)c3)CC2)n1. The molecular formula is C20H27N3O2S. The van der Waals surface area contributed by atoms with Crippen molar-refractivity contribution in [3.8, 4) is 5.75 Å². The van der Waals surface area contributed by atoms with E-state index < -0.39 is 0 Å². The average molecular weight is 374 g/mol. The summed E-state index contributed by atoms with van der Waals surface area (Å²) < 4.78 is 6.17. The van der Waals surface area contributed by atoms with Gasteiger partial charge in [0, 0.05) is 31.3 Å². The number of carbonyl (C=O) groups is 1. The summed E-state index contributed by atoms with van der Waals surface area (Å²) in [7, 11) is 0. The molecule has 0 radical (unpaired) electrons. The highest BCUT2D eigenvalue weighted by atomic mass is 32.1. The van der Waals surface area contributed by atoms with Crippen LogP contribution in [0.1, 0.15) is 44.9 Å². The van der Waals surface area contributed by atoms with Gasteiger partial charge in [0.1, 0.15) is 11.9 Å². The molecule has 1 saturated heterocycles. The predicted molar refractivity (Wildman–Crippen MR) is 106 cm³/mol. The number of likely N-dealkylation sites (tertiary alicyclic amines) is 1. The van der Waals surface area contributed by atoms with E-state index in [-0.39, 0.29) is 17.6 Å². The molecule has 26 heavy (non-hydrogen) atoms. The fourth-order valence-electron chi connectivity index (χ4n) is 2.99. The van der Waals surface area contributed by atoms with Crippen molar-refractivity contribution >= 4 is 22.5 Å². The lowest BCUT2D eigenvalue weighted by atomic mass is 9.87. The second-order valence-corrected chi connectivity index (χ2v) is 8.66. The van der Waals surface area contributed by atoms with Crippen LogP contribution in [0.25, 0.3) is 0 Å². The minimum absolute atomic E-state index is 0.0764. The minimum atomic E-state index is -0.0764. The van der Waals surface area contributed by atoms with E-state index in [2.05, 4.69) is 49.3 Å². The smallest absolute Gasteiger partial charge is 0.323 e. The molecule has 0 bridgehead atoms. The van der Waals surface area contributed by atoms with Gasteiger partial charge in [0.2, 0.25) is 0 Å². The van der Waals surface area contributed by atoms with Crippen LogP contribution in [-0.4, -0.2) is 35.1 Å². The summed E-state index contributed by atoms with van der Waals surface area (Å²) in [6.07, 6.45) is 1.82. The molecule has 1 N–H and O–H groups in total. The lowest BCUT2D eigenvalue weighted by Crippen LogP contribution is -2.43. The van der Waals surface area contributed by atoms with Gasteiger partial charge >= 0.3 is 6.03 Å². The number of hydrogen-bond donors (Lipinski definition) is 1. The first kappa shape index (κ1) is 18.7. The summed E-state index contributed by atoms with van der Waals surface area (Å²) in [5.74, 6) is 0.915. The monoisotopic (exact) mass is 373 g/mol. The molecular weight excluding hydrogens is 346 g/mol. The van der Waals surface area contributed by atoms with Crippen molar-refractivity contribution in [2.24, 2.45) is 0 Å². The quantitative estimate of drug-likeness (QED) is 0.839. The second kappa shape index (κ2) is 7.66. The number of thiazole rings is 1. The van der Waals surface area contributed by atoms with Crippen LogP contribution in [0.15, 0.2) is 29.6 Å². The molecule has 1 aliphatic rings. The molecule has 0 atom stereocenters. The standard InChI is InChI=1S/C20H27N3O2S/c1-14-13-26-18(21-14)22-19(24)23-10-8-16(9-11-23)25-17-7-5-6-15(12-17)20(2,3)4/h5-7,12-13,16H,8-11H2,1-4H3,(H,21,22,24). The van der Waals surface area contributed by atoms with Gasteiger partial charge in [-0.25, -0.2) is 9.78 Å². The van der Waals surface area contributed by atoms with E-state index in [1.807, 2.05) is 23.3 Å². The Balaban J connectivity index is 1.51. The van der Waals surface area contributed by atoms with E-state index in [1.54, 1.807) is 0 Å². The van der Waals surface area contributed by atoms with Crippen molar-refractivity contribution in [2.45, 2.75) is 52.1 Å². The number of piperidine rings is 1. The first-order valence-electron chi connectivity index (χ1n) is 9.06. The van der Waals surface area contributed by atoms with E-state index in [4.69, 9.17) is 4.74 Å². The summed E-state index contributed by atoms with van der Waals surface area (Å²) in [6, 6.07) is 8.25. The number of urea groups is 1. The Kier molecular flexibility index (Phi) is 5.51. The van der Waals surface area contributed by atoms with Crippen molar-refractivity contribution in [1.82, 2.24) is 9.88 Å². The van der Waals surface area contributed by atoms with Crippen LogP contribution in [0.3, 0.4) is 0 Å². The molecule has 2 heterocycles. The predicted octanol–water partition coefficient (Wildman–Crippen LogP) is 4.82. The number of aryl methyl sites for hydroxylation is 1. The first-order chi connectivity index (χ1) is 12.3. The summed E-state index contributed by atoms with van der Waals surface area (Å²) in [4.78, 5) is 18.5. The summed E-state index contributed by atoms with van der Waals surface area (Å²) in [6.45, 7) is 9.91. The van der Waals surface area contributed by atoms with E-state index in [0.717, 1.165) is 24.3 Å².